The van der Waals surface area contributed by atoms with Gasteiger partial charge in [-0.05, 0) is 39.5 Å². The third-order valence-corrected chi connectivity index (χ3v) is 3.73. The fourth-order valence-electron chi connectivity index (χ4n) is 2.13. The molecule has 1 saturated heterocycles. The van der Waals surface area contributed by atoms with Gasteiger partial charge in [0.05, 0.1) is 17.3 Å². The van der Waals surface area contributed by atoms with Crippen molar-refractivity contribution in [1.82, 2.24) is 0 Å². The number of hydrogen-bond donors (Lipinski definition) is 1. The van der Waals surface area contributed by atoms with Gasteiger partial charge in [-0.3, -0.25) is 0 Å². The summed E-state index contributed by atoms with van der Waals surface area (Å²) in [6.45, 7) is 6.91. The Balaban J connectivity index is 2.45. The topological polar surface area (TPSA) is 38.7 Å². The van der Waals surface area contributed by atoms with Crippen molar-refractivity contribution >= 4 is 0 Å². The number of aliphatic hydroxyl groups is 1. The fraction of sp³-hybridized carbons (Fsp3) is 1.00. The van der Waals surface area contributed by atoms with Crippen molar-refractivity contribution in [3.63, 3.8) is 0 Å². The molecule has 0 bridgehead atoms. The van der Waals surface area contributed by atoms with E-state index in [1.54, 1.807) is 7.11 Å². The lowest BCUT2D eigenvalue weighted by Crippen LogP contribution is -2.42. The van der Waals surface area contributed by atoms with Crippen LogP contribution in [0, 0.1) is 0 Å². The van der Waals surface area contributed by atoms with Gasteiger partial charge in [-0.15, -0.1) is 0 Å². The van der Waals surface area contributed by atoms with Gasteiger partial charge in [-0.2, -0.15) is 0 Å². The zero-order chi connectivity index (χ0) is 12.2. The van der Waals surface area contributed by atoms with Crippen LogP contribution >= 0.6 is 0 Å². The second-order valence-corrected chi connectivity index (χ2v) is 5.54. The lowest BCUT2D eigenvalue weighted by atomic mass is 9.83. The van der Waals surface area contributed by atoms with Crippen LogP contribution in [-0.2, 0) is 9.47 Å². The van der Waals surface area contributed by atoms with Crippen molar-refractivity contribution < 1.29 is 14.6 Å². The Hall–Kier alpha value is -0.120. The van der Waals surface area contributed by atoms with Gasteiger partial charge in [0.15, 0.2) is 0 Å². The summed E-state index contributed by atoms with van der Waals surface area (Å²) in [7, 11) is 1.73. The van der Waals surface area contributed by atoms with Crippen molar-refractivity contribution in [3.05, 3.63) is 0 Å². The van der Waals surface area contributed by atoms with Gasteiger partial charge in [0.25, 0.3) is 0 Å². The molecule has 0 aliphatic carbocycles. The molecular weight excluding hydrogens is 204 g/mol. The van der Waals surface area contributed by atoms with Gasteiger partial charge in [0, 0.05) is 20.1 Å². The quantitative estimate of drug-likeness (QED) is 0.788. The zero-order valence-corrected chi connectivity index (χ0v) is 11.1. The molecule has 2 atom stereocenters. The molecule has 3 nitrogen and oxygen atoms in total. The lowest BCUT2D eigenvalue weighted by Gasteiger charge is -2.38. The van der Waals surface area contributed by atoms with Gasteiger partial charge >= 0.3 is 0 Å². The minimum atomic E-state index is -0.547. The summed E-state index contributed by atoms with van der Waals surface area (Å²) in [6, 6.07) is 0. The second-order valence-electron chi connectivity index (χ2n) is 5.54. The molecule has 1 heterocycles. The van der Waals surface area contributed by atoms with E-state index in [9.17, 15) is 5.11 Å². The first-order chi connectivity index (χ1) is 7.41. The molecule has 0 spiro atoms. The second kappa shape index (κ2) is 5.48. The molecule has 2 unspecified atom stereocenters. The van der Waals surface area contributed by atoms with Gasteiger partial charge in [0.2, 0.25) is 0 Å². The van der Waals surface area contributed by atoms with Gasteiger partial charge in [0.1, 0.15) is 0 Å². The van der Waals surface area contributed by atoms with Crippen molar-refractivity contribution in [2.45, 2.75) is 70.2 Å². The van der Waals surface area contributed by atoms with E-state index in [2.05, 4.69) is 20.8 Å². The van der Waals surface area contributed by atoms with E-state index in [0.717, 1.165) is 32.1 Å². The summed E-state index contributed by atoms with van der Waals surface area (Å²) in [5, 5.41) is 10.5. The molecule has 0 aromatic carbocycles. The molecule has 16 heavy (non-hydrogen) atoms. The van der Waals surface area contributed by atoms with E-state index in [1.165, 1.54) is 0 Å². The maximum Gasteiger partial charge on any atom is 0.0695 e. The molecule has 3 heteroatoms. The highest BCUT2D eigenvalue weighted by molar-refractivity contribution is 4.87. The Morgan fingerprint density at radius 3 is 2.75 bits per heavy atom. The maximum absolute atomic E-state index is 10.5. The first-order valence-electron chi connectivity index (χ1n) is 6.30. The van der Waals surface area contributed by atoms with Gasteiger partial charge < -0.3 is 14.6 Å². The monoisotopic (exact) mass is 230 g/mol. The molecule has 0 radical (unpaired) electrons. The van der Waals surface area contributed by atoms with Crippen LogP contribution in [0.2, 0.25) is 0 Å². The van der Waals surface area contributed by atoms with Crippen LogP contribution in [0.4, 0.5) is 0 Å². The third-order valence-electron chi connectivity index (χ3n) is 3.73. The van der Waals surface area contributed by atoms with Crippen molar-refractivity contribution in [2.75, 3.05) is 13.7 Å². The average molecular weight is 230 g/mol. The molecular formula is C13H26O3. The molecule has 0 saturated carbocycles. The Bertz CT molecular complexity index is 215. The lowest BCUT2D eigenvalue weighted by molar-refractivity contribution is -0.116. The predicted molar refractivity (Wildman–Crippen MR) is 64.5 cm³/mol. The number of rotatable bonds is 5. The van der Waals surface area contributed by atoms with Gasteiger partial charge in [-0.25, -0.2) is 0 Å². The average Bonchev–Trinajstić information content (AvgIpc) is 2.27. The summed E-state index contributed by atoms with van der Waals surface area (Å²) in [5.74, 6) is 0. The van der Waals surface area contributed by atoms with Crippen LogP contribution in [0.3, 0.4) is 0 Å². The van der Waals surface area contributed by atoms with E-state index < -0.39 is 5.60 Å². The van der Waals surface area contributed by atoms with Crippen molar-refractivity contribution in [1.29, 1.82) is 0 Å². The van der Waals surface area contributed by atoms with E-state index in [4.69, 9.17) is 9.47 Å². The first-order valence-corrected chi connectivity index (χ1v) is 6.30. The normalized spacial score (nSPS) is 31.7. The SMILES string of the molecule is CCC1CC(O)(CCC(C)(C)OC)CCO1. The highest BCUT2D eigenvalue weighted by atomic mass is 16.5. The minimum absolute atomic E-state index is 0.143. The molecule has 0 aromatic heterocycles. The summed E-state index contributed by atoms with van der Waals surface area (Å²) < 4.78 is 11.0. The molecule has 0 amide bonds. The Morgan fingerprint density at radius 1 is 1.50 bits per heavy atom. The maximum atomic E-state index is 10.5. The molecule has 1 rings (SSSR count). The summed E-state index contributed by atoms with van der Waals surface area (Å²) in [6.07, 6.45) is 4.41. The summed E-state index contributed by atoms with van der Waals surface area (Å²) >= 11 is 0. The number of hydrogen-bond acceptors (Lipinski definition) is 3. The molecule has 1 aliphatic heterocycles. The van der Waals surface area contributed by atoms with Gasteiger partial charge in [-0.1, -0.05) is 6.92 Å². The summed E-state index contributed by atoms with van der Waals surface area (Å²) in [5.41, 5.74) is -0.690. The van der Waals surface area contributed by atoms with Crippen LogP contribution in [0.25, 0.3) is 0 Å². The Kier molecular flexibility index (Phi) is 4.77. The molecule has 1 aliphatic rings. The smallest absolute Gasteiger partial charge is 0.0695 e. The van der Waals surface area contributed by atoms with Crippen molar-refractivity contribution in [3.8, 4) is 0 Å². The summed E-state index contributed by atoms with van der Waals surface area (Å²) in [4.78, 5) is 0. The Labute approximate surface area is 99.1 Å². The van der Waals surface area contributed by atoms with E-state index in [0.29, 0.717) is 6.61 Å². The van der Waals surface area contributed by atoms with E-state index in [1.807, 2.05) is 0 Å². The molecule has 96 valence electrons. The fourth-order valence-corrected chi connectivity index (χ4v) is 2.13. The standard InChI is InChI=1S/C13H26O3/c1-5-11-10-13(14,8-9-16-11)7-6-12(2,3)15-4/h11,14H,5-10H2,1-4H3. The first kappa shape index (κ1) is 13.9. The van der Waals surface area contributed by atoms with E-state index in [-0.39, 0.29) is 11.7 Å². The molecule has 0 aromatic rings. The van der Waals surface area contributed by atoms with Crippen LogP contribution in [0.15, 0.2) is 0 Å². The highest BCUT2D eigenvalue weighted by Crippen LogP contribution is 2.32. The third kappa shape index (κ3) is 4.04. The largest absolute Gasteiger partial charge is 0.390 e. The predicted octanol–water partition coefficient (Wildman–Crippen LogP) is 2.51. The van der Waals surface area contributed by atoms with Crippen LogP contribution in [-0.4, -0.2) is 36.1 Å². The number of ether oxygens (including phenoxy) is 2. The van der Waals surface area contributed by atoms with Crippen LogP contribution < -0.4 is 0 Å². The number of methoxy groups -OCH3 is 1. The molecule has 1 fully saturated rings. The Morgan fingerprint density at radius 2 is 2.19 bits per heavy atom. The van der Waals surface area contributed by atoms with E-state index >= 15 is 0 Å². The van der Waals surface area contributed by atoms with Crippen LogP contribution in [0.1, 0.15) is 52.9 Å². The minimum Gasteiger partial charge on any atom is -0.390 e. The van der Waals surface area contributed by atoms with Crippen molar-refractivity contribution in [2.24, 2.45) is 0 Å². The highest BCUT2D eigenvalue weighted by Gasteiger charge is 2.35. The van der Waals surface area contributed by atoms with Crippen LogP contribution in [0.5, 0.6) is 0 Å². The molecule has 1 N–H and O–H groups in total. The zero-order valence-electron chi connectivity index (χ0n) is 11.1.